The average Bonchev–Trinajstić information content (AvgIpc) is 2.74. The first kappa shape index (κ1) is 20.4. The van der Waals surface area contributed by atoms with E-state index >= 15 is 0 Å². The lowest BCUT2D eigenvalue weighted by atomic mass is 9.87. The minimum atomic E-state index is -0.927. The smallest absolute Gasteiger partial charge is 0.347 e. The molecule has 3 rings (SSSR count). The summed E-state index contributed by atoms with van der Waals surface area (Å²) in [7, 11) is 0. The van der Waals surface area contributed by atoms with Gasteiger partial charge < -0.3 is 14.8 Å². The number of esters is 1. The van der Waals surface area contributed by atoms with Crippen LogP contribution >= 0.6 is 0 Å². The number of rotatable bonds is 6. The maximum absolute atomic E-state index is 12.5. The van der Waals surface area contributed by atoms with Gasteiger partial charge in [0.25, 0.3) is 5.91 Å². The van der Waals surface area contributed by atoms with E-state index in [1.807, 2.05) is 24.3 Å². The maximum atomic E-state index is 12.5. The topological polar surface area (TPSA) is 88.4 Å². The largest absolute Gasteiger partial charge is 0.479 e. The Morgan fingerprint density at radius 2 is 1.83 bits per heavy atom. The molecule has 3 atom stereocenters. The van der Waals surface area contributed by atoms with Gasteiger partial charge in [0.1, 0.15) is 5.75 Å². The number of carbonyl (C=O) groups is 2. The van der Waals surface area contributed by atoms with Gasteiger partial charge in [-0.1, -0.05) is 24.3 Å². The van der Waals surface area contributed by atoms with Crippen molar-refractivity contribution in [3.05, 3.63) is 65.2 Å². The van der Waals surface area contributed by atoms with E-state index < -0.39 is 18.2 Å². The molecule has 1 aliphatic carbocycles. The maximum Gasteiger partial charge on any atom is 0.347 e. The fourth-order valence-electron chi connectivity index (χ4n) is 3.38. The Kier molecular flexibility index (Phi) is 6.50. The zero-order valence-corrected chi connectivity index (χ0v) is 16.6. The van der Waals surface area contributed by atoms with E-state index in [0.717, 1.165) is 24.8 Å². The van der Waals surface area contributed by atoms with Crippen LogP contribution in [0, 0.1) is 11.3 Å². The quantitative estimate of drug-likeness (QED) is 0.761. The van der Waals surface area contributed by atoms with Crippen LogP contribution in [0.25, 0.3) is 0 Å². The Labute approximate surface area is 170 Å². The highest BCUT2D eigenvalue weighted by Gasteiger charge is 2.27. The van der Waals surface area contributed by atoms with Crippen LogP contribution in [0.1, 0.15) is 49.4 Å². The van der Waals surface area contributed by atoms with E-state index in [2.05, 4.69) is 11.4 Å². The molecular formula is C23H24N2O4. The standard InChI is InChI=1S/C23H24N2O4/c1-15(22(26)25-21-9-5-7-18-6-3-4-8-20(18)21)29-23(27)16(2)28-19-12-10-17(14-24)11-13-19/h3-4,6,8,10-13,15-16,21H,5,7,9H2,1-2H3,(H,25,26)/t15-,16+,21+/m0/s1. The number of carbonyl (C=O) groups excluding carboxylic acids is 2. The third-order valence-corrected chi connectivity index (χ3v) is 4.98. The molecule has 0 radical (unpaired) electrons. The van der Waals surface area contributed by atoms with Crippen LogP contribution in [0.2, 0.25) is 0 Å². The van der Waals surface area contributed by atoms with Crippen LogP contribution in [-0.2, 0) is 20.7 Å². The van der Waals surface area contributed by atoms with Gasteiger partial charge in [-0.15, -0.1) is 0 Å². The van der Waals surface area contributed by atoms with Gasteiger partial charge in [0.2, 0.25) is 0 Å². The van der Waals surface area contributed by atoms with Crippen molar-refractivity contribution in [2.75, 3.05) is 0 Å². The van der Waals surface area contributed by atoms with E-state index in [0.29, 0.717) is 11.3 Å². The Balaban J connectivity index is 1.53. The van der Waals surface area contributed by atoms with Gasteiger partial charge in [0.05, 0.1) is 17.7 Å². The molecule has 6 heteroatoms. The molecule has 29 heavy (non-hydrogen) atoms. The number of hydrogen-bond acceptors (Lipinski definition) is 5. The van der Waals surface area contributed by atoms with E-state index in [1.165, 1.54) is 5.56 Å². The lowest BCUT2D eigenvalue weighted by molar-refractivity contribution is -0.161. The Morgan fingerprint density at radius 1 is 1.10 bits per heavy atom. The number of benzene rings is 2. The Hall–Kier alpha value is -3.33. The van der Waals surface area contributed by atoms with Crippen molar-refractivity contribution in [1.82, 2.24) is 5.32 Å². The first-order valence-electron chi connectivity index (χ1n) is 9.73. The minimum absolute atomic E-state index is 0.0686. The summed E-state index contributed by atoms with van der Waals surface area (Å²) in [4.78, 5) is 24.8. The van der Waals surface area contributed by atoms with Gasteiger partial charge in [-0.2, -0.15) is 5.26 Å². The number of hydrogen-bond donors (Lipinski definition) is 1. The molecular weight excluding hydrogens is 368 g/mol. The van der Waals surface area contributed by atoms with Crippen LogP contribution in [0.5, 0.6) is 5.75 Å². The number of fused-ring (bicyclic) bond motifs is 1. The van der Waals surface area contributed by atoms with Crippen LogP contribution in [0.15, 0.2) is 48.5 Å². The molecule has 2 aromatic carbocycles. The molecule has 0 saturated heterocycles. The van der Waals surface area contributed by atoms with Gasteiger partial charge in [-0.25, -0.2) is 4.79 Å². The summed E-state index contributed by atoms with van der Waals surface area (Å²) in [5.41, 5.74) is 2.88. The third-order valence-electron chi connectivity index (χ3n) is 4.98. The zero-order chi connectivity index (χ0) is 20.8. The summed E-state index contributed by atoms with van der Waals surface area (Å²) in [5, 5.41) is 11.8. The number of nitrogens with one attached hydrogen (secondary N) is 1. The Bertz CT molecular complexity index is 917. The van der Waals surface area contributed by atoms with E-state index in [-0.39, 0.29) is 11.9 Å². The first-order valence-corrected chi connectivity index (χ1v) is 9.73. The normalized spacial score (nSPS) is 17.2. The predicted octanol–water partition coefficient (Wildman–Crippen LogP) is 3.45. The summed E-state index contributed by atoms with van der Waals surface area (Å²) >= 11 is 0. The number of nitriles is 1. The summed E-state index contributed by atoms with van der Waals surface area (Å²) in [5.74, 6) is -0.504. The van der Waals surface area contributed by atoms with Gasteiger partial charge in [-0.05, 0) is 68.5 Å². The number of aryl methyl sites for hydroxylation is 1. The van der Waals surface area contributed by atoms with E-state index in [1.54, 1.807) is 38.1 Å². The zero-order valence-electron chi connectivity index (χ0n) is 16.6. The fourth-order valence-corrected chi connectivity index (χ4v) is 3.38. The van der Waals surface area contributed by atoms with Crippen molar-refractivity contribution in [3.8, 4) is 11.8 Å². The molecule has 6 nitrogen and oxygen atoms in total. The SMILES string of the molecule is C[C@H](OC(=O)[C@@H](C)Oc1ccc(C#N)cc1)C(=O)N[C@@H]1CCCc2ccccc21. The third kappa shape index (κ3) is 5.14. The summed E-state index contributed by atoms with van der Waals surface area (Å²) < 4.78 is 10.8. The van der Waals surface area contributed by atoms with Crippen molar-refractivity contribution in [2.24, 2.45) is 0 Å². The van der Waals surface area contributed by atoms with Crippen molar-refractivity contribution < 1.29 is 19.1 Å². The monoisotopic (exact) mass is 392 g/mol. The highest BCUT2D eigenvalue weighted by molar-refractivity contribution is 5.84. The molecule has 0 aromatic heterocycles. The molecule has 2 aromatic rings. The second kappa shape index (κ2) is 9.24. The van der Waals surface area contributed by atoms with Gasteiger partial charge in [0, 0.05) is 0 Å². The summed E-state index contributed by atoms with van der Waals surface area (Å²) in [6.45, 7) is 3.11. The molecule has 1 amide bonds. The molecule has 0 bridgehead atoms. The van der Waals surface area contributed by atoms with Crippen LogP contribution in [0.3, 0.4) is 0 Å². The van der Waals surface area contributed by atoms with Crippen molar-refractivity contribution in [3.63, 3.8) is 0 Å². The number of nitrogens with zero attached hydrogens (tertiary/aromatic N) is 1. The second-order valence-electron chi connectivity index (χ2n) is 7.13. The summed E-state index contributed by atoms with van der Waals surface area (Å²) in [6, 6.07) is 16.5. The molecule has 0 fully saturated rings. The molecule has 1 N–H and O–H groups in total. The van der Waals surface area contributed by atoms with Crippen molar-refractivity contribution >= 4 is 11.9 Å². The van der Waals surface area contributed by atoms with Gasteiger partial charge in [-0.3, -0.25) is 4.79 Å². The van der Waals surface area contributed by atoms with Crippen LogP contribution in [-0.4, -0.2) is 24.1 Å². The lowest BCUT2D eigenvalue weighted by Crippen LogP contribution is -2.41. The first-order chi connectivity index (χ1) is 14.0. The predicted molar refractivity (Wildman–Crippen MR) is 107 cm³/mol. The molecule has 150 valence electrons. The molecule has 0 unspecified atom stereocenters. The number of amides is 1. The Morgan fingerprint density at radius 3 is 2.55 bits per heavy atom. The van der Waals surface area contributed by atoms with Gasteiger partial charge in [0.15, 0.2) is 12.2 Å². The van der Waals surface area contributed by atoms with E-state index in [4.69, 9.17) is 14.7 Å². The number of ether oxygens (including phenoxy) is 2. The lowest BCUT2D eigenvalue weighted by Gasteiger charge is -2.27. The van der Waals surface area contributed by atoms with Crippen LogP contribution < -0.4 is 10.1 Å². The average molecular weight is 392 g/mol. The molecule has 1 aliphatic rings. The molecule has 0 heterocycles. The van der Waals surface area contributed by atoms with Gasteiger partial charge >= 0.3 is 5.97 Å². The van der Waals surface area contributed by atoms with E-state index in [9.17, 15) is 9.59 Å². The van der Waals surface area contributed by atoms with Crippen molar-refractivity contribution in [2.45, 2.75) is 51.4 Å². The molecule has 0 aliphatic heterocycles. The fraction of sp³-hybridized carbons (Fsp3) is 0.348. The minimum Gasteiger partial charge on any atom is -0.479 e. The molecule has 0 spiro atoms. The highest BCUT2D eigenvalue weighted by Crippen LogP contribution is 2.29. The molecule has 0 saturated carbocycles. The summed E-state index contributed by atoms with van der Waals surface area (Å²) in [6.07, 6.45) is 1.07. The van der Waals surface area contributed by atoms with Crippen molar-refractivity contribution in [1.29, 1.82) is 5.26 Å². The van der Waals surface area contributed by atoms with Crippen LogP contribution in [0.4, 0.5) is 0 Å². The second-order valence-corrected chi connectivity index (χ2v) is 7.13. The highest BCUT2D eigenvalue weighted by atomic mass is 16.6.